The lowest BCUT2D eigenvalue weighted by atomic mass is 10.2. The van der Waals surface area contributed by atoms with Gasteiger partial charge >= 0.3 is 0 Å². The van der Waals surface area contributed by atoms with Crippen molar-refractivity contribution in [2.45, 2.75) is 6.43 Å². The van der Waals surface area contributed by atoms with Gasteiger partial charge in [-0.1, -0.05) is 0 Å². The average Bonchev–Trinajstić information content (AvgIpc) is 2.03. The number of benzene rings is 1. The lowest BCUT2D eigenvalue weighted by Gasteiger charge is -2.04. The molecule has 0 saturated heterocycles. The molecule has 0 bridgehead atoms. The van der Waals surface area contributed by atoms with E-state index in [9.17, 15) is 8.78 Å². The summed E-state index contributed by atoms with van der Waals surface area (Å²) >= 11 is 1.97. The second-order valence-electron chi connectivity index (χ2n) is 2.23. The summed E-state index contributed by atoms with van der Waals surface area (Å²) in [7, 11) is 1.46. The number of hydrogen-bond donors (Lipinski definition) is 0. The molecule has 0 radical (unpaired) electrons. The van der Waals surface area contributed by atoms with Crippen molar-refractivity contribution in [1.82, 2.24) is 0 Å². The van der Waals surface area contributed by atoms with Crippen molar-refractivity contribution >= 4 is 22.6 Å². The summed E-state index contributed by atoms with van der Waals surface area (Å²) in [5.74, 6) is 0.470. The topological polar surface area (TPSA) is 9.23 Å². The summed E-state index contributed by atoms with van der Waals surface area (Å²) in [6.45, 7) is 0. The van der Waals surface area contributed by atoms with Crippen molar-refractivity contribution in [2.75, 3.05) is 7.11 Å². The van der Waals surface area contributed by atoms with Crippen LogP contribution in [0.3, 0.4) is 0 Å². The lowest BCUT2D eigenvalue weighted by molar-refractivity contribution is 0.151. The normalized spacial score (nSPS) is 10.4. The van der Waals surface area contributed by atoms with E-state index in [1.54, 1.807) is 6.07 Å². The van der Waals surface area contributed by atoms with Crippen LogP contribution >= 0.6 is 22.6 Å². The second kappa shape index (κ2) is 4.02. The fourth-order valence-corrected chi connectivity index (χ4v) is 1.49. The van der Waals surface area contributed by atoms with Gasteiger partial charge in [0, 0.05) is 9.13 Å². The summed E-state index contributed by atoms with van der Waals surface area (Å²) in [4.78, 5) is 0. The minimum atomic E-state index is -2.44. The second-order valence-corrected chi connectivity index (χ2v) is 3.47. The highest BCUT2D eigenvalue weighted by molar-refractivity contribution is 14.1. The third-order valence-electron chi connectivity index (χ3n) is 1.38. The number of halogens is 3. The molecule has 1 aromatic carbocycles. The van der Waals surface area contributed by atoms with Crippen LogP contribution in [0.1, 0.15) is 12.0 Å². The van der Waals surface area contributed by atoms with Crippen LogP contribution in [0.25, 0.3) is 0 Å². The van der Waals surface area contributed by atoms with E-state index in [1.807, 2.05) is 22.6 Å². The molecule has 0 amide bonds. The van der Waals surface area contributed by atoms with Crippen LogP contribution in [0.2, 0.25) is 0 Å². The predicted octanol–water partition coefficient (Wildman–Crippen LogP) is 3.24. The highest BCUT2D eigenvalue weighted by Gasteiger charge is 2.08. The van der Waals surface area contributed by atoms with Gasteiger partial charge in [-0.2, -0.15) is 0 Å². The number of rotatable bonds is 2. The average molecular weight is 284 g/mol. The summed E-state index contributed by atoms with van der Waals surface area (Å²) < 4.78 is 30.0. The molecule has 0 saturated carbocycles. The molecular formula is C8H7F2IO. The quantitative estimate of drug-likeness (QED) is 0.757. The van der Waals surface area contributed by atoms with E-state index in [1.165, 1.54) is 19.2 Å². The molecule has 1 nitrogen and oxygen atoms in total. The van der Waals surface area contributed by atoms with Gasteiger partial charge in [0.2, 0.25) is 0 Å². The Morgan fingerprint density at radius 2 is 2.00 bits per heavy atom. The van der Waals surface area contributed by atoms with Crippen LogP contribution in [0.5, 0.6) is 5.75 Å². The van der Waals surface area contributed by atoms with Crippen molar-refractivity contribution in [3.05, 3.63) is 27.3 Å². The highest BCUT2D eigenvalue weighted by atomic mass is 127. The van der Waals surface area contributed by atoms with Crippen LogP contribution in [-0.2, 0) is 0 Å². The van der Waals surface area contributed by atoms with Crippen LogP contribution in [0.4, 0.5) is 8.78 Å². The van der Waals surface area contributed by atoms with E-state index in [0.29, 0.717) is 5.75 Å². The fraction of sp³-hybridized carbons (Fsp3) is 0.250. The molecule has 1 rings (SSSR count). The molecule has 1 aromatic rings. The molecular weight excluding hydrogens is 277 g/mol. The third kappa shape index (κ3) is 2.30. The van der Waals surface area contributed by atoms with Gasteiger partial charge in [-0.3, -0.25) is 0 Å². The Balaban J connectivity index is 3.06. The fourth-order valence-electron chi connectivity index (χ4n) is 0.828. The Morgan fingerprint density at radius 1 is 1.33 bits per heavy atom. The van der Waals surface area contributed by atoms with Crippen LogP contribution < -0.4 is 4.74 Å². The number of ether oxygens (including phenoxy) is 1. The molecule has 0 aliphatic heterocycles. The summed E-state index contributed by atoms with van der Waals surface area (Å²) in [5.41, 5.74) is -0.00116. The molecule has 0 aliphatic rings. The van der Waals surface area contributed by atoms with Gasteiger partial charge in [0.25, 0.3) is 6.43 Å². The Labute approximate surface area is 82.9 Å². The molecule has 0 aliphatic carbocycles. The molecule has 12 heavy (non-hydrogen) atoms. The molecule has 0 N–H and O–H groups in total. The smallest absolute Gasteiger partial charge is 0.264 e. The molecule has 0 unspecified atom stereocenters. The maximum absolute atomic E-state index is 12.2. The van der Waals surface area contributed by atoms with Gasteiger partial charge in [0.15, 0.2) is 0 Å². The van der Waals surface area contributed by atoms with Crippen molar-refractivity contribution in [3.63, 3.8) is 0 Å². The Morgan fingerprint density at radius 3 is 2.50 bits per heavy atom. The van der Waals surface area contributed by atoms with Gasteiger partial charge in [-0.15, -0.1) is 0 Å². The van der Waals surface area contributed by atoms with Crippen molar-refractivity contribution < 1.29 is 13.5 Å². The van der Waals surface area contributed by atoms with Crippen LogP contribution in [0.15, 0.2) is 18.2 Å². The zero-order valence-electron chi connectivity index (χ0n) is 6.35. The first-order chi connectivity index (χ1) is 5.63. The summed E-state index contributed by atoms with van der Waals surface area (Å²) in [6, 6.07) is 4.48. The zero-order chi connectivity index (χ0) is 9.14. The Kier molecular flexibility index (Phi) is 3.25. The molecule has 4 heteroatoms. The molecule has 0 heterocycles. The van der Waals surface area contributed by atoms with Crippen molar-refractivity contribution in [2.24, 2.45) is 0 Å². The first kappa shape index (κ1) is 9.70. The van der Waals surface area contributed by atoms with E-state index < -0.39 is 6.43 Å². The molecule has 0 atom stereocenters. The maximum atomic E-state index is 12.2. The van der Waals surface area contributed by atoms with Gasteiger partial charge in [0.1, 0.15) is 5.75 Å². The molecule has 66 valence electrons. The minimum Gasteiger partial charge on any atom is -0.497 e. The highest BCUT2D eigenvalue weighted by Crippen LogP contribution is 2.25. The van der Waals surface area contributed by atoms with E-state index in [-0.39, 0.29) is 5.56 Å². The Bertz CT molecular complexity index is 276. The lowest BCUT2D eigenvalue weighted by Crippen LogP contribution is -1.89. The first-order valence-electron chi connectivity index (χ1n) is 3.26. The van der Waals surface area contributed by atoms with Crippen LogP contribution in [-0.4, -0.2) is 7.11 Å². The van der Waals surface area contributed by atoms with Crippen LogP contribution in [0, 0.1) is 3.57 Å². The first-order valence-corrected chi connectivity index (χ1v) is 4.34. The SMILES string of the molecule is COc1cc(I)cc(C(F)F)c1. The predicted molar refractivity (Wildman–Crippen MR) is 50.7 cm³/mol. The minimum absolute atomic E-state index is 0.00116. The van der Waals surface area contributed by atoms with Crippen molar-refractivity contribution in [3.8, 4) is 5.75 Å². The van der Waals surface area contributed by atoms with E-state index in [2.05, 4.69) is 0 Å². The van der Waals surface area contributed by atoms with Gasteiger partial charge in [-0.05, 0) is 40.8 Å². The maximum Gasteiger partial charge on any atom is 0.264 e. The standard InChI is InChI=1S/C8H7F2IO/c1-12-7-3-5(8(9)10)2-6(11)4-7/h2-4,8H,1H3. The number of hydrogen-bond acceptors (Lipinski definition) is 1. The van der Waals surface area contributed by atoms with E-state index in [0.717, 1.165) is 3.57 Å². The summed E-state index contributed by atoms with van der Waals surface area (Å²) in [5, 5.41) is 0. The van der Waals surface area contributed by atoms with E-state index in [4.69, 9.17) is 4.74 Å². The number of alkyl halides is 2. The van der Waals surface area contributed by atoms with E-state index >= 15 is 0 Å². The Hall–Kier alpha value is -0.390. The van der Waals surface area contributed by atoms with Crippen molar-refractivity contribution in [1.29, 1.82) is 0 Å². The monoisotopic (exact) mass is 284 g/mol. The molecule has 0 fully saturated rings. The zero-order valence-corrected chi connectivity index (χ0v) is 8.51. The van der Waals surface area contributed by atoms with Gasteiger partial charge in [0.05, 0.1) is 7.11 Å². The van der Waals surface area contributed by atoms with Gasteiger partial charge < -0.3 is 4.74 Å². The molecule has 0 aromatic heterocycles. The number of methoxy groups -OCH3 is 1. The third-order valence-corrected chi connectivity index (χ3v) is 2.00. The van der Waals surface area contributed by atoms with Gasteiger partial charge in [-0.25, -0.2) is 8.78 Å². The summed E-state index contributed by atoms with van der Waals surface area (Å²) in [6.07, 6.45) is -2.44. The largest absolute Gasteiger partial charge is 0.497 e. The molecule has 0 spiro atoms.